The number of benzene rings is 3. The highest BCUT2D eigenvalue weighted by Gasteiger charge is 2.70. The van der Waals surface area contributed by atoms with Gasteiger partial charge in [0.05, 0.1) is 17.5 Å². The van der Waals surface area contributed by atoms with Crippen molar-refractivity contribution in [3.63, 3.8) is 0 Å². The van der Waals surface area contributed by atoms with Gasteiger partial charge >= 0.3 is 0 Å². The third kappa shape index (κ3) is 3.03. The van der Waals surface area contributed by atoms with Gasteiger partial charge in [0.1, 0.15) is 17.1 Å². The number of aromatic hydroxyl groups is 1. The van der Waals surface area contributed by atoms with Gasteiger partial charge in [0.25, 0.3) is 0 Å². The molecule has 7 nitrogen and oxygen atoms in total. The van der Waals surface area contributed by atoms with E-state index in [0.29, 0.717) is 23.4 Å². The van der Waals surface area contributed by atoms with Gasteiger partial charge in [-0.25, -0.2) is 9.29 Å². The maximum absolute atomic E-state index is 14.4. The van der Waals surface area contributed by atoms with E-state index in [0.717, 1.165) is 16.0 Å². The van der Waals surface area contributed by atoms with E-state index < -0.39 is 47.0 Å². The van der Waals surface area contributed by atoms with Gasteiger partial charge < -0.3 is 10.4 Å². The molecule has 0 radical (unpaired) electrons. The lowest BCUT2D eigenvalue weighted by Crippen LogP contribution is -2.53. The smallest absolute Gasteiger partial charge is 0.250 e. The Bertz CT molecular complexity index is 1390. The summed E-state index contributed by atoms with van der Waals surface area (Å²) in [5, 5.41) is 15.7. The van der Waals surface area contributed by atoms with Gasteiger partial charge in [-0.05, 0) is 61.4 Å². The van der Waals surface area contributed by atoms with Crippen molar-refractivity contribution in [3.8, 4) is 5.75 Å². The van der Waals surface area contributed by atoms with Crippen molar-refractivity contribution in [2.75, 3.05) is 10.2 Å². The van der Waals surface area contributed by atoms with Crippen molar-refractivity contribution in [2.45, 2.75) is 24.9 Å². The van der Waals surface area contributed by atoms with Crippen molar-refractivity contribution < 1.29 is 23.9 Å². The van der Waals surface area contributed by atoms with Crippen LogP contribution in [0, 0.1) is 24.6 Å². The number of hydrogen-bond acceptors (Lipinski definition) is 5. The topological polar surface area (TPSA) is 98.7 Å². The third-order valence-electron chi connectivity index (χ3n) is 7.36. The summed E-state index contributed by atoms with van der Waals surface area (Å²) in [6, 6.07) is 17.0. The van der Waals surface area contributed by atoms with Crippen molar-refractivity contribution in [1.82, 2.24) is 5.32 Å². The molecule has 8 heteroatoms. The van der Waals surface area contributed by atoms with Crippen molar-refractivity contribution >= 4 is 29.1 Å². The average Bonchev–Trinajstić information content (AvgIpc) is 3.41. The summed E-state index contributed by atoms with van der Waals surface area (Å²) in [6.07, 6.45) is 0.335. The van der Waals surface area contributed by atoms with Crippen LogP contribution in [0.5, 0.6) is 5.75 Å². The zero-order valence-corrected chi connectivity index (χ0v) is 18.8. The van der Waals surface area contributed by atoms with Crippen molar-refractivity contribution in [3.05, 3.63) is 89.2 Å². The number of imide groups is 1. The van der Waals surface area contributed by atoms with Crippen LogP contribution in [0.1, 0.15) is 16.7 Å². The summed E-state index contributed by atoms with van der Waals surface area (Å²) in [5.74, 6) is -3.66. The van der Waals surface area contributed by atoms with Crippen LogP contribution >= 0.6 is 0 Å². The number of carbonyl (C=O) groups excluding carboxylic acids is 3. The van der Waals surface area contributed by atoms with Gasteiger partial charge in [0.2, 0.25) is 17.7 Å². The summed E-state index contributed by atoms with van der Waals surface area (Å²) >= 11 is 0. The van der Waals surface area contributed by atoms with Crippen LogP contribution in [-0.4, -0.2) is 28.9 Å². The molecule has 6 rings (SSSR count). The van der Waals surface area contributed by atoms with Gasteiger partial charge in [0, 0.05) is 17.3 Å². The third-order valence-corrected chi connectivity index (χ3v) is 7.36. The fraction of sp³-hybridized carbons (Fsp3) is 0.222. The number of nitrogens with zero attached hydrogens (tertiary/aromatic N) is 1. The quantitative estimate of drug-likeness (QED) is 0.510. The van der Waals surface area contributed by atoms with Crippen molar-refractivity contribution in [2.24, 2.45) is 11.8 Å². The van der Waals surface area contributed by atoms with E-state index in [2.05, 4.69) is 10.6 Å². The SMILES string of the molecule is Cc1ccc(N2C(=O)[C@H]3[C@H](Cc4ccc(O)cc4)N[C@]4(C(=O)Nc5ccc(F)cc54)[C@@H]3C2=O)cc1. The van der Waals surface area contributed by atoms with Crippen LogP contribution in [0.3, 0.4) is 0 Å². The van der Waals surface area contributed by atoms with Gasteiger partial charge in [0.15, 0.2) is 0 Å². The molecule has 3 aliphatic heterocycles. The minimum Gasteiger partial charge on any atom is -0.508 e. The number of fused-ring (bicyclic) bond motifs is 4. The van der Waals surface area contributed by atoms with Crippen LogP contribution in [0.15, 0.2) is 66.7 Å². The lowest BCUT2D eigenvalue weighted by Gasteiger charge is -2.29. The molecule has 3 heterocycles. The minimum atomic E-state index is -1.57. The Morgan fingerprint density at radius 1 is 0.971 bits per heavy atom. The predicted octanol–water partition coefficient (Wildman–Crippen LogP) is 3.01. The van der Waals surface area contributed by atoms with Gasteiger partial charge in [-0.3, -0.25) is 19.7 Å². The molecule has 3 aliphatic rings. The van der Waals surface area contributed by atoms with Crippen LogP contribution < -0.4 is 15.5 Å². The second-order valence-corrected chi connectivity index (χ2v) is 9.42. The fourth-order valence-corrected chi connectivity index (χ4v) is 5.78. The first-order valence-electron chi connectivity index (χ1n) is 11.4. The number of anilines is 2. The van der Waals surface area contributed by atoms with Crippen LogP contribution in [0.25, 0.3) is 0 Å². The predicted molar refractivity (Wildman–Crippen MR) is 126 cm³/mol. The number of phenols is 1. The number of rotatable bonds is 3. The highest BCUT2D eigenvalue weighted by Crippen LogP contribution is 2.54. The number of hydrogen-bond donors (Lipinski definition) is 3. The average molecular weight is 471 g/mol. The van der Waals surface area contributed by atoms with E-state index in [1.54, 1.807) is 36.4 Å². The van der Waals surface area contributed by atoms with E-state index in [1.807, 2.05) is 19.1 Å². The van der Waals surface area contributed by atoms with Gasteiger partial charge in [-0.2, -0.15) is 0 Å². The number of amides is 3. The molecule has 4 atom stereocenters. The first-order chi connectivity index (χ1) is 16.8. The van der Waals surface area contributed by atoms with Crippen LogP contribution in [0.2, 0.25) is 0 Å². The molecule has 0 saturated carbocycles. The number of nitrogens with one attached hydrogen (secondary N) is 2. The van der Waals surface area contributed by atoms with Gasteiger partial charge in [-0.15, -0.1) is 0 Å². The number of aryl methyl sites for hydroxylation is 1. The first-order valence-corrected chi connectivity index (χ1v) is 11.4. The number of phenolic OH excluding ortho intramolecular Hbond substituents is 1. The largest absolute Gasteiger partial charge is 0.508 e. The monoisotopic (exact) mass is 471 g/mol. The molecule has 1 spiro atoms. The standard InChI is InChI=1S/C27H22FN3O4/c1-14-2-7-17(8-3-14)31-24(33)22-21(12-15-4-9-18(32)10-5-15)30-27(23(22)25(31)34)19-13-16(28)6-11-20(19)29-26(27)35/h2-11,13,21-23,30,32H,12H2,1H3,(H,29,35)/t21-,22-,23-,27-/m0/s1. The summed E-state index contributed by atoms with van der Waals surface area (Å²) < 4.78 is 14.4. The molecule has 176 valence electrons. The Kier molecular flexibility index (Phi) is 4.59. The second-order valence-electron chi connectivity index (χ2n) is 9.42. The summed E-state index contributed by atoms with van der Waals surface area (Å²) in [7, 11) is 0. The van der Waals surface area contributed by atoms with Crippen LogP contribution in [-0.2, 0) is 26.3 Å². The lowest BCUT2D eigenvalue weighted by molar-refractivity contribution is -0.130. The molecule has 3 amide bonds. The molecular formula is C27H22FN3O4. The molecular weight excluding hydrogens is 449 g/mol. The van der Waals surface area contributed by atoms with E-state index in [-0.39, 0.29) is 5.75 Å². The fourth-order valence-electron chi connectivity index (χ4n) is 5.78. The lowest BCUT2D eigenvalue weighted by atomic mass is 9.76. The molecule has 35 heavy (non-hydrogen) atoms. The summed E-state index contributed by atoms with van der Waals surface area (Å²) in [4.78, 5) is 42.3. The molecule has 0 unspecified atom stereocenters. The molecule has 3 aromatic rings. The van der Waals surface area contributed by atoms with E-state index in [9.17, 15) is 23.9 Å². The zero-order chi connectivity index (χ0) is 24.5. The second kappa shape index (κ2) is 7.48. The molecule has 0 aliphatic carbocycles. The molecule has 3 N–H and O–H groups in total. The maximum atomic E-state index is 14.4. The Morgan fingerprint density at radius 2 is 1.69 bits per heavy atom. The molecule has 0 aromatic heterocycles. The molecule has 3 aromatic carbocycles. The Hall–Kier alpha value is -4.04. The first kappa shape index (κ1) is 21.5. The Labute approximate surface area is 200 Å². The molecule has 2 fully saturated rings. The summed E-state index contributed by atoms with van der Waals surface area (Å²) in [5.41, 5.74) is 1.42. The van der Waals surface area contributed by atoms with Crippen molar-refractivity contribution in [1.29, 1.82) is 0 Å². The normalized spacial score (nSPS) is 26.9. The van der Waals surface area contributed by atoms with E-state index in [1.165, 1.54) is 18.2 Å². The summed E-state index contributed by atoms with van der Waals surface area (Å²) in [6.45, 7) is 1.91. The molecule has 0 bridgehead atoms. The van der Waals surface area contributed by atoms with E-state index >= 15 is 0 Å². The minimum absolute atomic E-state index is 0.111. The number of carbonyl (C=O) groups is 3. The molecule has 2 saturated heterocycles. The Balaban J connectivity index is 1.49. The Morgan fingerprint density at radius 3 is 2.40 bits per heavy atom. The highest BCUT2D eigenvalue weighted by atomic mass is 19.1. The highest BCUT2D eigenvalue weighted by molar-refractivity contribution is 6.25. The number of halogens is 1. The van der Waals surface area contributed by atoms with Gasteiger partial charge in [-0.1, -0.05) is 29.8 Å². The zero-order valence-electron chi connectivity index (χ0n) is 18.8. The maximum Gasteiger partial charge on any atom is 0.250 e. The van der Waals surface area contributed by atoms with Crippen LogP contribution in [0.4, 0.5) is 15.8 Å². The van der Waals surface area contributed by atoms with E-state index in [4.69, 9.17) is 0 Å².